The summed E-state index contributed by atoms with van der Waals surface area (Å²) in [6.45, 7) is 4.76. The molecule has 2 fully saturated rings. The maximum absolute atomic E-state index is 13.0. The van der Waals surface area contributed by atoms with Crippen molar-refractivity contribution in [2.45, 2.75) is 57.3 Å². The minimum Gasteiger partial charge on any atom is -0.369 e. The average molecular weight is 302 g/mol. The lowest BCUT2D eigenvalue weighted by Crippen LogP contribution is -2.55. The number of amides is 1. The second-order valence-corrected chi connectivity index (χ2v) is 6.77. The van der Waals surface area contributed by atoms with Gasteiger partial charge in [0.15, 0.2) is 0 Å². The molecule has 3 rings (SSSR count). The zero-order valence-electron chi connectivity index (χ0n) is 13.4. The third-order valence-electron chi connectivity index (χ3n) is 5.07. The molecular formula is C18H26N2O2. The van der Waals surface area contributed by atoms with Crippen LogP contribution in [0.2, 0.25) is 0 Å². The van der Waals surface area contributed by atoms with Crippen LogP contribution < -0.4 is 5.73 Å². The van der Waals surface area contributed by atoms with E-state index in [1.165, 1.54) is 0 Å². The number of ether oxygens (including phenoxy) is 1. The number of nitrogens with zero attached hydrogens (tertiary/aromatic N) is 1. The molecule has 4 heteroatoms. The van der Waals surface area contributed by atoms with Gasteiger partial charge in [0.25, 0.3) is 0 Å². The second kappa shape index (κ2) is 6.39. The van der Waals surface area contributed by atoms with Crippen molar-refractivity contribution in [3.8, 4) is 0 Å². The lowest BCUT2D eigenvalue weighted by molar-refractivity contribution is -0.157. The molecule has 1 aromatic carbocycles. The van der Waals surface area contributed by atoms with E-state index in [2.05, 4.69) is 26.0 Å². The predicted octanol–water partition coefficient (Wildman–Crippen LogP) is 2.49. The summed E-state index contributed by atoms with van der Waals surface area (Å²) in [4.78, 5) is 15.0. The SMILES string of the molecule is CC1COC(c2ccccc2)C(C)N1C(=O)C1CCC(N)C1. The molecule has 0 radical (unpaired) electrons. The molecule has 2 N–H and O–H groups in total. The van der Waals surface area contributed by atoms with E-state index >= 15 is 0 Å². The number of morpholine rings is 1. The molecule has 0 bridgehead atoms. The monoisotopic (exact) mass is 302 g/mol. The minimum absolute atomic E-state index is 0.0450. The highest BCUT2D eigenvalue weighted by Crippen LogP contribution is 2.34. The van der Waals surface area contributed by atoms with E-state index in [1.807, 2.05) is 23.1 Å². The quantitative estimate of drug-likeness (QED) is 0.913. The third-order valence-corrected chi connectivity index (χ3v) is 5.07. The molecule has 1 aliphatic carbocycles. The molecule has 1 amide bonds. The van der Waals surface area contributed by atoms with E-state index in [0.29, 0.717) is 6.61 Å². The van der Waals surface area contributed by atoms with Crippen LogP contribution in [-0.2, 0) is 9.53 Å². The highest BCUT2D eigenvalue weighted by Gasteiger charge is 2.40. The maximum atomic E-state index is 13.0. The van der Waals surface area contributed by atoms with Crippen molar-refractivity contribution in [2.75, 3.05) is 6.61 Å². The Morgan fingerprint density at radius 2 is 1.95 bits per heavy atom. The highest BCUT2D eigenvalue weighted by molar-refractivity contribution is 5.80. The van der Waals surface area contributed by atoms with E-state index in [9.17, 15) is 4.79 Å². The fraction of sp³-hybridized carbons (Fsp3) is 0.611. The zero-order chi connectivity index (χ0) is 15.7. The van der Waals surface area contributed by atoms with Crippen molar-refractivity contribution in [3.05, 3.63) is 35.9 Å². The number of carbonyl (C=O) groups excluding carboxylic acids is 1. The van der Waals surface area contributed by atoms with Gasteiger partial charge in [0, 0.05) is 12.0 Å². The van der Waals surface area contributed by atoms with Crippen LogP contribution >= 0.6 is 0 Å². The molecule has 1 saturated carbocycles. The van der Waals surface area contributed by atoms with Gasteiger partial charge in [0.2, 0.25) is 5.91 Å². The predicted molar refractivity (Wildman–Crippen MR) is 86.2 cm³/mol. The summed E-state index contributed by atoms with van der Waals surface area (Å²) in [5.74, 6) is 0.353. The molecule has 2 aliphatic rings. The molecule has 4 nitrogen and oxygen atoms in total. The van der Waals surface area contributed by atoms with Gasteiger partial charge < -0.3 is 15.4 Å². The van der Waals surface area contributed by atoms with Crippen molar-refractivity contribution < 1.29 is 9.53 Å². The number of hydrogen-bond donors (Lipinski definition) is 1. The van der Waals surface area contributed by atoms with Gasteiger partial charge in [-0.15, -0.1) is 0 Å². The summed E-state index contributed by atoms with van der Waals surface area (Å²) in [5, 5.41) is 0. The third kappa shape index (κ3) is 2.90. The van der Waals surface area contributed by atoms with E-state index in [4.69, 9.17) is 10.5 Å². The Balaban J connectivity index is 1.78. The van der Waals surface area contributed by atoms with Crippen LogP contribution in [0.1, 0.15) is 44.8 Å². The molecule has 1 saturated heterocycles. The van der Waals surface area contributed by atoms with Crippen LogP contribution in [0, 0.1) is 5.92 Å². The van der Waals surface area contributed by atoms with Crippen molar-refractivity contribution in [2.24, 2.45) is 11.7 Å². The van der Waals surface area contributed by atoms with Gasteiger partial charge in [-0.1, -0.05) is 30.3 Å². The first-order valence-electron chi connectivity index (χ1n) is 8.32. The standard InChI is InChI=1S/C18H26N2O2/c1-12-11-22-17(14-6-4-3-5-7-14)13(2)20(12)18(21)15-8-9-16(19)10-15/h3-7,12-13,15-17H,8-11,19H2,1-2H3. The number of rotatable bonds is 2. The lowest BCUT2D eigenvalue weighted by Gasteiger charge is -2.45. The Bertz CT molecular complexity index is 519. The first-order valence-corrected chi connectivity index (χ1v) is 8.32. The van der Waals surface area contributed by atoms with Gasteiger partial charge in [-0.25, -0.2) is 0 Å². The van der Waals surface area contributed by atoms with Crippen molar-refractivity contribution >= 4 is 5.91 Å². The van der Waals surface area contributed by atoms with Crippen LogP contribution in [0.4, 0.5) is 0 Å². The Hall–Kier alpha value is -1.39. The fourth-order valence-corrected chi connectivity index (χ4v) is 3.90. The Morgan fingerprint density at radius 3 is 2.59 bits per heavy atom. The fourth-order valence-electron chi connectivity index (χ4n) is 3.90. The van der Waals surface area contributed by atoms with Crippen molar-refractivity contribution in [1.29, 1.82) is 0 Å². The first kappa shape index (κ1) is 15.5. The number of benzene rings is 1. The number of hydrogen-bond acceptors (Lipinski definition) is 3. The summed E-state index contributed by atoms with van der Waals surface area (Å²) in [7, 11) is 0. The van der Waals surface area contributed by atoms with E-state index in [0.717, 1.165) is 24.8 Å². The summed E-state index contributed by atoms with van der Waals surface area (Å²) >= 11 is 0. The Kier molecular flexibility index (Phi) is 4.50. The Labute approximate surface area is 132 Å². The van der Waals surface area contributed by atoms with Gasteiger partial charge in [0.1, 0.15) is 6.10 Å². The maximum Gasteiger partial charge on any atom is 0.226 e. The zero-order valence-corrected chi connectivity index (χ0v) is 13.4. The minimum atomic E-state index is -0.0450. The van der Waals surface area contributed by atoms with Gasteiger partial charge in [-0.3, -0.25) is 4.79 Å². The smallest absolute Gasteiger partial charge is 0.226 e. The van der Waals surface area contributed by atoms with Crippen LogP contribution in [-0.4, -0.2) is 35.5 Å². The molecule has 5 atom stereocenters. The normalized spacial score (nSPS) is 35.6. The largest absolute Gasteiger partial charge is 0.369 e. The van der Waals surface area contributed by atoms with E-state index in [1.54, 1.807) is 0 Å². The molecule has 0 aromatic heterocycles. The molecule has 0 spiro atoms. The van der Waals surface area contributed by atoms with Gasteiger partial charge in [0.05, 0.1) is 18.7 Å². The molecule has 120 valence electrons. The van der Waals surface area contributed by atoms with Crippen LogP contribution in [0.5, 0.6) is 0 Å². The van der Waals surface area contributed by atoms with Gasteiger partial charge >= 0.3 is 0 Å². The summed E-state index contributed by atoms with van der Waals surface area (Å²) in [6.07, 6.45) is 2.67. The van der Waals surface area contributed by atoms with Crippen LogP contribution in [0.3, 0.4) is 0 Å². The van der Waals surface area contributed by atoms with Crippen LogP contribution in [0.15, 0.2) is 30.3 Å². The topological polar surface area (TPSA) is 55.6 Å². The molecule has 5 unspecified atom stereocenters. The van der Waals surface area contributed by atoms with Gasteiger partial charge in [-0.2, -0.15) is 0 Å². The summed E-state index contributed by atoms with van der Waals surface area (Å²) in [6, 6.07) is 10.6. The highest BCUT2D eigenvalue weighted by atomic mass is 16.5. The van der Waals surface area contributed by atoms with Crippen molar-refractivity contribution in [3.63, 3.8) is 0 Å². The molecule has 1 aliphatic heterocycles. The first-order chi connectivity index (χ1) is 10.6. The lowest BCUT2D eigenvalue weighted by atomic mass is 9.96. The molecule has 22 heavy (non-hydrogen) atoms. The molecule has 1 aromatic rings. The van der Waals surface area contributed by atoms with E-state index < -0.39 is 0 Å². The summed E-state index contributed by atoms with van der Waals surface area (Å²) < 4.78 is 6.03. The second-order valence-electron chi connectivity index (χ2n) is 6.77. The average Bonchev–Trinajstić information content (AvgIpc) is 2.95. The molecular weight excluding hydrogens is 276 g/mol. The summed E-state index contributed by atoms with van der Waals surface area (Å²) in [5.41, 5.74) is 7.13. The number of nitrogens with two attached hydrogens (primary N) is 1. The van der Waals surface area contributed by atoms with E-state index in [-0.39, 0.29) is 36.1 Å². The molecule has 1 heterocycles. The van der Waals surface area contributed by atoms with Crippen molar-refractivity contribution in [1.82, 2.24) is 4.90 Å². The number of carbonyl (C=O) groups is 1. The Morgan fingerprint density at radius 1 is 1.23 bits per heavy atom. The van der Waals surface area contributed by atoms with Gasteiger partial charge in [-0.05, 0) is 38.7 Å². The van der Waals surface area contributed by atoms with Crippen LogP contribution in [0.25, 0.3) is 0 Å².